The zero-order valence-corrected chi connectivity index (χ0v) is 17.4. The van der Waals surface area contributed by atoms with Gasteiger partial charge in [-0.15, -0.1) is 10.2 Å². The van der Waals surface area contributed by atoms with Crippen LogP contribution in [-0.4, -0.2) is 33.5 Å². The van der Waals surface area contributed by atoms with E-state index in [1.54, 1.807) is 41.5 Å². The number of imidazole rings is 1. The molecule has 0 saturated carbocycles. The van der Waals surface area contributed by atoms with Gasteiger partial charge in [0.25, 0.3) is 0 Å². The Bertz CT molecular complexity index is 1480. The van der Waals surface area contributed by atoms with Crippen molar-refractivity contribution in [2.45, 2.75) is 18.6 Å². The maximum Gasteiger partial charge on any atom is 0.418 e. The number of rotatable bonds is 5. The van der Waals surface area contributed by atoms with Crippen molar-refractivity contribution in [3.63, 3.8) is 0 Å². The average Bonchev–Trinajstić information content (AvgIpc) is 3.53. The van der Waals surface area contributed by atoms with E-state index in [-0.39, 0.29) is 11.6 Å². The van der Waals surface area contributed by atoms with Gasteiger partial charge in [0.1, 0.15) is 12.2 Å². The van der Waals surface area contributed by atoms with Gasteiger partial charge in [0.05, 0.1) is 22.8 Å². The zero-order chi connectivity index (χ0) is 23.2. The van der Waals surface area contributed by atoms with Gasteiger partial charge < -0.3 is 4.57 Å². The number of fused-ring (bicyclic) bond motifs is 1. The molecule has 5 rings (SSSR count). The summed E-state index contributed by atoms with van der Waals surface area (Å²) in [5.41, 5.74) is -0.393. The molecule has 0 aliphatic heterocycles. The van der Waals surface area contributed by atoms with Crippen LogP contribution in [0, 0.1) is 0 Å². The number of benzene rings is 1. The first-order valence-electron chi connectivity index (χ1n) is 10.0. The van der Waals surface area contributed by atoms with Crippen molar-refractivity contribution in [2.75, 3.05) is 0 Å². The normalized spacial score (nSPS) is 13.0. The molecular formula is C22H18F3N7O. The van der Waals surface area contributed by atoms with Gasteiger partial charge in [0.2, 0.25) is 0 Å². The molecule has 5 aromatic rings. The maximum atomic E-state index is 13.5. The molecule has 8 nitrogen and oxygen atoms in total. The van der Waals surface area contributed by atoms with Gasteiger partial charge in [0, 0.05) is 38.3 Å². The molecule has 0 spiro atoms. The summed E-state index contributed by atoms with van der Waals surface area (Å²) in [6.45, 7) is 0. The number of aromatic nitrogens is 7. The average molecular weight is 453 g/mol. The molecule has 33 heavy (non-hydrogen) atoms. The monoisotopic (exact) mass is 453 g/mol. The van der Waals surface area contributed by atoms with Crippen LogP contribution in [0.3, 0.4) is 0 Å². The number of aryl methyl sites for hydroxylation is 1. The van der Waals surface area contributed by atoms with Crippen LogP contribution in [0.25, 0.3) is 11.2 Å². The Balaban J connectivity index is 1.62. The van der Waals surface area contributed by atoms with Gasteiger partial charge in [-0.2, -0.15) is 18.3 Å². The minimum atomic E-state index is -4.58. The number of alkyl halides is 3. The van der Waals surface area contributed by atoms with Gasteiger partial charge in [-0.05, 0) is 35.9 Å². The molecule has 1 aromatic carbocycles. The quantitative estimate of drug-likeness (QED) is 0.410. The topological polar surface area (TPSA) is 74.9 Å². The summed E-state index contributed by atoms with van der Waals surface area (Å²) in [6, 6.07) is 10.8. The lowest BCUT2D eigenvalue weighted by atomic mass is 10.0. The first-order valence-corrected chi connectivity index (χ1v) is 10.0. The fraction of sp³-hybridized carbons (Fsp3) is 0.182. The lowest BCUT2D eigenvalue weighted by molar-refractivity contribution is -0.136. The minimum absolute atomic E-state index is 0.205. The van der Waals surface area contributed by atoms with E-state index in [4.69, 9.17) is 0 Å². The van der Waals surface area contributed by atoms with Crippen LogP contribution in [0.1, 0.15) is 23.0 Å². The van der Waals surface area contributed by atoms with E-state index in [1.807, 2.05) is 23.9 Å². The van der Waals surface area contributed by atoms with E-state index in [0.29, 0.717) is 12.1 Å². The van der Waals surface area contributed by atoms with Gasteiger partial charge in [-0.1, -0.05) is 12.1 Å². The molecule has 0 N–H and O–H groups in total. The smallest absolute Gasteiger partial charge is 0.321 e. The van der Waals surface area contributed by atoms with E-state index in [0.717, 1.165) is 21.9 Å². The highest BCUT2D eigenvalue weighted by Crippen LogP contribution is 2.32. The van der Waals surface area contributed by atoms with Crippen LogP contribution in [0.15, 0.2) is 78.4 Å². The van der Waals surface area contributed by atoms with Crippen molar-refractivity contribution in [3.05, 3.63) is 101 Å². The Morgan fingerprint density at radius 2 is 1.94 bits per heavy atom. The first-order chi connectivity index (χ1) is 15.8. The number of nitrogens with zero attached hydrogens (tertiary/aromatic N) is 7. The highest BCUT2D eigenvalue weighted by Gasteiger charge is 2.33. The van der Waals surface area contributed by atoms with Gasteiger partial charge >= 0.3 is 11.9 Å². The second-order valence-electron chi connectivity index (χ2n) is 7.62. The summed E-state index contributed by atoms with van der Waals surface area (Å²) >= 11 is 0. The molecule has 0 amide bonds. The third-order valence-electron chi connectivity index (χ3n) is 5.56. The first kappa shape index (κ1) is 20.7. The zero-order valence-electron chi connectivity index (χ0n) is 17.4. The Morgan fingerprint density at radius 3 is 2.64 bits per heavy atom. The van der Waals surface area contributed by atoms with Gasteiger partial charge in [-0.3, -0.25) is 13.6 Å². The maximum absolute atomic E-state index is 13.5. The number of halogens is 3. The van der Waals surface area contributed by atoms with Gasteiger partial charge in [-0.25, -0.2) is 4.79 Å². The fourth-order valence-electron chi connectivity index (χ4n) is 3.91. The van der Waals surface area contributed by atoms with Crippen molar-refractivity contribution in [1.29, 1.82) is 0 Å². The SMILES string of the molecule is Cn1cnnc1CC(c1cccc(-n2cc3c(C(F)(F)F)cccn3c2=O)c1)n1cccn1. The number of hydrogen-bond acceptors (Lipinski definition) is 4. The lowest BCUT2D eigenvalue weighted by Crippen LogP contribution is -2.20. The van der Waals surface area contributed by atoms with E-state index >= 15 is 0 Å². The van der Waals surface area contributed by atoms with Crippen molar-refractivity contribution in [2.24, 2.45) is 7.05 Å². The summed E-state index contributed by atoms with van der Waals surface area (Å²) in [6.07, 6.45) is 3.54. The van der Waals surface area contributed by atoms with Crippen molar-refractivity contribution in [3.8, 4) is 5.69 Å². The Morgan fingerprint density at radius 1 is 1.09 bits per heavy atom. The molecule has 0 bridgehead atoms. The van der Waals surface area contributed by atoms with E-state index in [2.05, 4.69) is 15.3 Å². The Kier molecular flexibility index (Phi) is 4.88. The molecule has 1 unspecified atom stereocenters. The Hall–Kier alpha value is -4.15. The van der Waals surface area contributed by atoms with Crippen LogP contribution in [0.4, 0.5) is 13.2 Å². The molecule has 4 aromatic heterocycles. The van der Waals surface area contributed by atoms with Crippen molar-refractivity contribution in [1.82, 2.24) is 33.5 Å². The lowest BCUT2D eigenvalue weighted by Gasteiger charge is -2.18. The molecule has 168 valence electrons. The van der Waals surface area contributed by atoms with Crippen molar-refractivity contribution < 1.29 is 13.2 Å². The molecule has 4 heterocycles. The molecule has 0 radical (unpaired) electrons. The highest BCUT2D eigenvalue weighted by atomic mass is 19.4. The third-order valence-corrected chi connectivity index (χ3v) is 5.56. The van der Waals surface area contributed by atoms with E-state index in [1.165, 1.54) is 23.0 Å². The van der Waals surface area contributed by atoms with Crippen LogP contribution in [0.2, 0.25) is 0 Å². The van der Waals surface area contributed by atoms with E-state index in [9.17, 15) is 18.0 Å². The van der Waals surface area contributed by atoms with Crippen molar-refractivity contribution >= 4 is 5.52 Å². The highest BCUT2D eigenvalue weighted by molar-refractivity contribution is 5.56. The molecule has 0 aliphatic rings. The second-order valence-corrected chi connectivity index (χ2v) is 7.62. The molecular weight excluding hydrogens is 435 g/mol. The predicted octanol–water partition coefficient (Wildman–Crippen LogP) is 3.27. The largest absolute Gasteiger partial charge is 0.418 e. The summed E-state index contributed by atoms with van der Waals surface area (Å²) in [4.78, 5) is 12.9. The van der Waals surface area contributed by atoms with Gasteiger partial charge in [0.15, 0.2) is 0 Å². The minimum Gasteiger partial charge on any atom is -0.321 e. The fourth-order valence-corrected chi connectivity index (χ4v) is 3.91. The Labute approximate surface area is 185 Å². The number of hydrogen-bond donors (Lipinski definition) is 0. The van der Waals surface area contributed by atoms with E-state index < -0.39 is 17.4 Å². The summed E-state index contributed by atoms with van der Waals surface area (Å²) in [7, 11) is 1.84. The van der Waals surface area contributed by atoms with Crippen LogP contribution < -0.4 is 5.69 Å². The van der Waals surface area contributed by atoms with Crippen LogP contribution >= 0.6 is 0 Å². The summed E-state index contributed by atoms with van der Waals surface area (Å²) in [5.74, 6) is 0.738. The molecule has 11 heteroatoms. The standard InChI is InChI=1S/C22H18F3N7O/c1-29-14-26-28-20(29)12-18(32-10-4-8-27-32)15-5-2-6-16(11-15)31-13-19-17(22(23,24)25)7-3-9-30(19)21(31)33/h2-11,13-14,18H,12H2,1H3. The molecule has 0 saturated heterocycles. The third kappa shape index (κ3) is 3.71. The number of pyridine rings is 1. The molecule has 0 aliphatic carbocycles. The van der Waals surface area contributed by atoms with Crippen LogP contribution in [-0.2, 0) is 19.6 Å². The molecule has 1 atom stereocenters. The molecule has 0 fully saturated rings. The summed E-state index contributed by atoms with van der Waals surface area (Å²) in [5, 5.41) is 12.4. The summed E-state index contributed by atoms with van der Waals surface area (Å²) < 4.78 is 46.2. The van der Waals surface area contributed by atoms with Crippen LogP contribution in [0.5, 0.6) is 0 Å². The second kappa shape index (κ2) is 7.76. The predicted molar refractivity (Wildman–Crippen MR) is 113 cm³/mol.